The molecule has 8 aromatic heterocycles. The number of allylic oxidation sites excluding steroid dienone is 1. The first kappa shape index (κ1) is 100. The van der Waals surface area contributed by atoms with Gasteiger partial charge < -0.3 is 89.0 Å². The van der Waals surface area contributed by atoms with Gasteiger partial charge in [0.2, 0.25) is 0 Å². The average Bonchev–Trinajstić information content (AvgIpc) is 1.65. The van der Waals surface area contributed by atoms with Crippen LogP contribution in [0.25, 0.3) is 110 Å². The highest BCUT2D eigenvalue weighted by molar-refractivity contribution is 5.93. The van der Waals surface area contributed by atoms with Gasteiger partial charge in [-0.15, -0.1) is 65.9 Å². The van der Waals surface area contributed by atoms with Crippen molar-refractivity contribution < 1.29 is 140 Å². The number of alkyl halides is 15. The third-order valence-corrected chi connectivity index (χ3v) is 22.3. The number of nitrogens with one attached hydrogen (secondary N) is 1. The Morgan fingerprint density at radius 2 is 0.674 bits per heavy atom. The van der Waals surface area contributed by atoms with E-state index in [0.29, 0.717) is 136 Å². The minimum atomic E-state index is -4.72. The fraction of sp³-hybridized carbons (Fsp3) is 0.214. The Morgan fingerprint density at radius 3 is 0.979 bits per heavy atom. The number of nitrogens with zero attached hydrogens (tertiary/aromatic N) is 10. The van der Waals surface area contributed by atoms with Gasteiger partial charge in [0.05, 0.1) is 57.2 Å². The number of benzene rings is 10. The van der Waals surface area contributed by atoms with Gasteiger partial charge in [0, 0.05) is 56.4 Å². The van der Waals surface area contributed by atoms with Crippen LogP contribution in [-0.4, -0.2) is 121 Å². The van der Waals surface area contributed by atoms with E-state index in [1.54, 1.807) is 122 Å². The number of halogens is 15. The van der Waals surface area contributed by atoms with Crippen molar-refractivity contribution in [3.8, 4) is 114 Å². The molecule has 2 aliphatic rings. The zero-order valence-electron chi connectivity index (χ0n) is 76.7. The summed E-state index contributed by atoms with van der Waals surface area (Å²) in [6.07, 6.45) is -15.1. The van der Waals surface area contributed by atoms with Crippen LogP contribution in [0.1, 0.15) is 57.2 Å². The van der Waals surface area contributed by atoms with Gasteiger partial charge in [-0.3, -0.25) is 0 Å². The Kier molecular flexibility index (Phi) is 30.3. The molecule has 10 aromatic carbocycles. The molecule has 144 heavy (non-hydrogen) atoms. The molecule has 2 aliphatic heterocycles. The molecule has 26 nitrogen and oxygen atoms in total. The predicted octanol–water partition coefficient (Wildman–Crippen LogP) is 26.6. The zero-order chi connectivity index (χ0) is 102. The topological polar surface area (TPSA) is 265 Å². The molecule has 746 valence electrons. The van der Waals surface area contributed by atoms with Gasteiger partial charge in [0.25, 0.3) is 35.7 Å². The Balaban J connectivity index is 0.000000129. The van der Waals surface area contributed by atoms with E-state index in [2.05, 4.69) is 89.3 Å². The number of fused-ring (bicyclic) bond motifs is 5. The van der Waals surface area contributed by atoms with Crippen molar-refractivity contribution in [3.05, 3.63) is 297 Å². The molecule has 0 aliphatic carbocycles. The van der Waals surface area contributed by atoms with Gasteiger partial charge in [0.1, 0.15) is 48.6 Å². The Labute approximate surface area is 808 Å². The molecule has 10 heterocycles. The standard InChI is InChI=1S/C22H19F3N2O3.C21H17F3N2O3.C20H17F3N3O3.C20H17F3N2O3.C20H15F3N2O3/c1-14(2)27-11-3-4-17(27)13-28-21-19-12-16(7-10-20(19)30-26-21)15-5-8-18(9-6-15)29-22(23,24)25;1-2-26-11-3-4-16(26)13-27-20-18-12-15(7-10-19(18)29-25-20)14-5-8-17(9-6-14)28-21(22,23)24;1-2-26-12-24-10-15(26)11-27-19-17-9-14(5-8-18(17)29-25-19)13-3-6-16(7-4-13)28-20(21,22)23;1-12-8-13(10-24-12)11-26-19-17-9-15(4-7-18(17)28-25-19)14-2-5-16(6-3-14)27-20(21,22)23;1-25-10-2-3-15(25)12-26-19-17-11-14(6-9-18(17)28-24-19)13-4-7-16(8-5-13)27-20(21,22)23/h3-12,14H,13H2,1-2H3;3-12H,2,13H2,1H3;3-9,12H,2,10-11H2,1H3;2-7,9,13,24H,1,8,10-11H2;2-11H,12H2,1H3/q;;+1;;. The molecule has 41 heteroatoms. The summed E-state index contributed by atoms with van der Waals surface area (Å²) in [5.41, 5.74) is 15.5. The number of ether oxygens (including phenoxy) is 10. The average molecular weight is 2000 g/mol. The van der Waals surface area contributed by atoms with Crippen LogP contribution in [0.3, 0.4) is 0 Å². The molecule has 0 saturated carbocycles. The summed E-state index contributed by atoms with van der Waals surface area (Å²) in [4.78, 5) is 4.22. The maximum Gasteiger partial charge on any atom is 0.573 e. The van der Waals surface area contributed by atoms with Crippen LogP contribution < -0.4 is 52.7 Å². The molecule has 18 aromatic rings. The third kappa shape index (κ3) is 26.5. The molecule has 0 bridgehead atoms. The monoisotopic (exact) mass is 2000 g/mol. The first-order chi connectivity index (χ1) is 68.9. The summed E-state index contributed by atoms with van der Waals surface area (Å²) in [5, 5.41) is 26.5. The van der Waals surface area contributed by atoms with Crippen molar-refractivity contribution in [3.63, 3.8) is 0 Å². The van der Waals surface area contributed by atoms with Crippen LogP contribution in [0.2, 0.25) is 0 Å². The molecule has 1 atom stereocenters. The maximum absolute atomic E-state index is 12.3. The van der Waals surface area contributed by atoms with E-state index in [0.717, 1.165) is 110 Å². The molecular formula is C103H85F15N11O15+. The number of aryl methyl sites for hydroxylation is 2. The van der Waals surface area contributed by atoms with Gasteiger partial charge in [-0.05, 0) is 273 Å². The number of aliphatic imine (C=N–C) groups is 1. The highest BCUT2D eigenvalue weighted by atomic mass is 19.4. The molecular weight excluding hydrogens is 1920 g/mol. The second-order valence-electron chi connectivity index (χ2n) is 32.6. The van der Waals surface area contributed by atoms with Gasteiger partial charge >= 0.3 is 31.8 Å². The van der Waals surface area contributed by atoms with Crippen LogP contribution in [0.5, 0.6) is 58.1 Å². The fourth-order valence-electron chi connectivity index (χ4n) is 15.4. The van der Waals surface area contributed by atoms with E-state index in [1.807, 2.05) is 121 Å². The van der Waals surface area contributed by atoms with Gasteiger partial charge in [-0.2, -0.15) is 0 Å². The molecule has 1 fully saturated rings. The second kappa shape index (κ2) is 43.5. The molecule has 1 unspecified atom stereocenters. The van der Waals surface area contributed by atoms with Crippen LogP contribution >= 0.6 is 0 Å². The van der Waals surface area contributed by atoms with Crippen molar-refractivity contribution in [2.24, 2.45) is 18.0 Å². The minimum Gasteiger partial charge on any atom is -0.475 e. The lowest BCUT2D eigenvalue weighted by Gasteiger charge is -2.12. The summed E-state index contributed by atoms with van der Waals surface area (Å²) < 4.78 is 268. The lowest BCUT2D eigenvalue weighted by molar-refractivity contribution is -0.392. The first-order valence-electron chi connectivity index (χ1n) is 44.3. The molecule has 0 radical (unpaired) electrons. The SMILES string of the molecule is C=C1CC(COc2noc3ccc(-c4ccc(OC(F)(F)F)cc4)cc23)CN1.CC(C)n1cccc1COc1noc2ccc(-c3ccc(OC(F)(F)F)cc3)cc12.CC[N+]1=C(COc2noc3ccc(-c4ccc(OC(F)(F)F)cc4)cc23)CN=C1.CCn1cccc1COc1noc2ccc(-c3ccc(OC(F)(F)F)cc3)cc12.Cn1cccc1COc1noc2ccc(-c3ccc(OC(F)(F)F)cc3)cc12. The van der Waals surface area contributed by atoms with E-state index >= 15 is 0 Å². The Hall–Kier alpha value is -16.8. The van der Waals surface area contributed by atoms with Crippen LogP contribution in [0, 0.1) is 5.92 Å². The highest BCUT2D eigenvalue weighted by Crippen LogP contribution is 2.41. The van der Waals surface area contributed by atoms with E-state index in [9.17, 15) is 65.9 Å². The Morgan fingerprint density at radius 1 is 0.375 bits per heavy atom. The lowest BCUT2D eigenvalue weighted by atomic mass is 10.0. The van der Waals surface area contributed by atoms with Crippen LogP contribution in [0.4, 0.5) is 65.9 Å². The number of hydrogen-bond acceptors (Lipinski definition) is 22. The number of aromatic nitrogens is 8. The smallest absolute Gasteiger partial charge is 0.475 e. The maximum atomic E-state index is 12.3. The molecule has 20 rings (SSSR count). The van der Waals surface area contributed by atoms with Gasteiger partial charge in [-0.1, -0.05) is 103 Å². The fourth-order valence-corrected chi connectivity index (χ4v) is 15.4. The third-order valence-electron chi connectivity index (χ3n) is 22.3. The van der Waals surface area contributed by atoms with E-state index in [-0.39, 0.29) is 28.7 Å². The highest BCUT2D eigenvalue weighted by Gasteiger charge is 2.36. The van der Waals surface area contributed by atoms with E-state index < -0.39 is 31.8 Å². The van der Waals surface area contributed by atoms with Crippen molar-refractivity contribution in [2.45, 2.75) is 98.3 Å². The largest absolute Gasteiger partial charge is 0.573 e. The summed E-state index contributed by atoms with van der Waals surface area (Å²) in [6.45, 7) is 17.0. The van der Waals surface area contributed by atoms with Crippen molar-refractivity contribution in [2.75, 3.05) is 32.8 Å². The quantitative estimate of drug-likeness (QED) is 0.0353. The Bertz CT molecular complexity index is 7480. The first-order valence-corrected chi connectivity index (χ1v) is 44.3. The van der Waals surface area contributed by atoms with Crippen LogP contribution in [-0.2, 0) is 33.4 Å². The summed E-state index contributed by atoms with van der Waals surface area (Å²) in [6, 6.07) is 67.3. The molecule has 1 saturated heterocycles. The lowest BCUT2D eigenvalue weighted by Crippen LogP contribution is -2.23. The summed E-state index contributed by atoms with van der Waals surface area (Å²) >= 11 is 0. The van der Waals surface area contributed by atoms with Gasteiger partial charge in [-0.25, -0.2) is 4.58 Å². The zero-order valence-corrected chi connectivity index (χ0v) is 76.7. The van der Waals surface area contributed by atoms with E-state index in [4.69, 9.17) is 46.3 Å². The summed E-state index contributed by atoms with van der Waals surface area (Å²) in [7, 11) is 1.92. The van der Waals surface area contributed by atoms with Crippen molar-refractivity contribution in [1.29, 1.82) is 0 Å². The molecule has 1 N–H and O–H groups in total. The number of hydrogen-bond donors (Lipinski definition) is 1. The second-order valence-corrected chi connectivity index (χ2v) is 32.6. The normalized spacial score (nSPS) is 13.3. The minimum absolute atomic E-state index is 0.266. The van der Waals surface area contributed by atoms with Crippen molar-refractivity contribution in [1.82, 2.24) is 44.8 Å². The van der Waals surface area contributed by atoms with Crippen molar-refractivity contribution >= 4 is 66.9 Å². The van der Waals surface area contributed by atoms with Gasteiger partial charge in [0.15, 0.2) is 46.8 Å². The summed E-state index contributed by atoms with van der Waals surface area (Å²) in [5.74, 6) is 0.812. The van der Waals surface area contributed by atoms with Crippen LogP contribution in [0.15, 0.2) is 307 Å². The van der Waals surface area contributed by atoms with E-state index in [1.165, 1.54) is 60.7 Å². The predicted molar refractivity (Wildman–Crippen MR) is 499 cm³/mol. The molecule has 0 spiro atoms. The number of rotatable bonds is 28. The molecule has 0 amide bonds.